The van der Waals surface area contributed by atoms with Crippen molar-refractivity contribution in [3.05, 3.63) is 84.2 Å². The maximum atomic E-state index is 13.8. The van der Waals surface area contributed by atoms with Crippen molar-refractivity contribution in [2.24, 2.45) is 7.05 Å². The molecule has 5 aromatic rings. The molecule has 7 heteroatoms. The molecule has 3 aromatic heterocycles. The Morgan fingerprint density at radius 2 is 1.75 bits per heavy atom. The minimum absolute atomic E-state index is 0.0452. The number of carbonyl (C=O) groups excluding carboxylic acids is 1. The molecule has 2 aromatic carbocycles. The van der Waals surface area contributed by atoms with Gasteiger partial charge in [0.1, 0.15) is 0 Å². The molecule has 3 heterocycles. The fourth-order valence-corrected chi connectivity index (χ4v) is 5.55. The van der Waals surface area contributed by atoms with Crippen molar-refractivity contribution >= 4 is 37.7 Å². The van der Waals surface area contributed by atoms with Gasteiger partial charge in [-0.25, -0.2) is 17.4 Å². The highest BCUT2D eigenvalue weighted by Crippen LogP contribution is 2.36. The molecule has 0 fully saturated rings. The SMILES string of the molecule is CC(=O)c1ccc2c(c1)c(-c1cc3cccnc3n1S(=O)(=O)c1ccc(C)cc1)cn2C. The minimum Gasteiger partial charge on any atom is -0.350 e. The van der Waals surface area contributed by atoms with E-state index in [-0.39, 0.29) is 10.7 Å². The van der Waals surface area contributed by atoms with E-state index in [4.69, 9.17) is 0 Å². The van der Waals surface area contributed by atoms with Crippen LogP contribution < -0.4 is 0 Å². The quantitative estimate of drug-likeness (QED) is 0.369. The van der Waals surface area contributed by atoms with Crippen LogP contribution in [-0.4, -0.2) is 27.7 Å². The lowest BCUT2D eigenvalue weighted by atomic mass is 10.1. The summed E-state index contributed by atoms with van der Waals surface area (Å²) in [6.45, 7) is 3.43. The molecule has 0 N–H and O–H groups in total. The van der Waals surface area contributed by atoms with E-state index >= 15 is 0 Å². The fourth-order valence-electron chi connectivity index (χ4n) is 4.07. The number of pyridine rings is 1. The molecular weight excluding hydrogens is 422 g/mol. The normalized spacial score (nSPS) is 12.0. The zero-order chi connectivity index (χ0) is 22.6. The zero-order valence-electron chi connectivity index (χ0n) is 17.9. The second kappa shape index (κ2) is 7.17. The van der Waals surface area contributed by atoms with Crippen LogP contribution in [0.3, 0.4) is 0 Å². The molecule has 0 aliphatic carbocycles. The van der Waals surface area contributed by atoms with Gasteiger partial charge in [0, 0.05) is 46.9 Å². The summed E-state index contributed by atoms with van der Waals surface area (Å²) in [5, 5.41) is 1.53. The summed E-state index contributed by atoms with van der Waals surface area (Å²) in [7, 11) is -2.02. The monoisotopic (exact) mass is 443 g/mol. The molecule has 0 radical (unpaired) electrons. The van der Waals surface area contributed by atoms with Crippen LogP contribution in [0.2, 0.25) is 0 Å². The number of hydrogen-bond acceptors (Lipinski definition) is 4. The van der Waals surface area contributed by atoms with Crippen LogP contribution in [0.15, 0.2) is 78.0 Å². The Morgan fingerprint density at radius 3 is 2.47 bits per heavy atom. The van der Waals surface area contributed by atoms with Gasteiger partial charge in [-0.15, -0.1) is 0 Å². The predicted octanol–water partition coefficient (Wildman–Crippen LogP) is 4.94. The predicted molar refractivity (Wildman–Crippen MR) is 125 cm³/mol. The van der Waals surface area contributed by atoms with Gasteiger partial charge in [0.25, 0.3) is 10.0 Å². The van der Waals surface area contributed by atoms with E-state index in [1.807, 2.05) is 49.0 Å². The molecule has 0 bridgehead atoms. The van der Waals surface area contributed by atoms with Gasteiger partial charge in [-0.05, 0) is 62.4 Å². The highest BCUT2D eigenvalue weighted by Gasteiger charge is 2.26. The average Bonchev–Trinajstić information content (AvgIpc) is 3.32. The van der Waals surface area contributed by atoms with Crippen molar-refractivity contribution in [3.63, 3.8) is 0 Å². The highest BCUT2D eigenvalue weighted by atomic mass is 32.2. The second-order valence-electron chi connectivity index (χ2n) is 7.97. The van der Waals surface area contributed by atoms with Crippen LogP contribution in [0.4, 0.5) is 0 Å². The third kappa shape index (κ3) is 3.05. The number of ketones is 1. The molecule has 32 heavy (non-hydrogen) atoms. The van der Waals surface area contributed by atoms with Crippen LogP contribution >= 0.6 is 0 Å². The lowest BCUT2D eigenvalue weighted by Crippen LogP contribution is -2.14. The number of Topliss-reactive ketones (excluding diaryl/α,β-unsaturated/α-hetero) is 1. The van der Waals surface area contributed by atoms with Gasteiger partial charge in [-0.1, -0.05) is 17.7 Å². The van der Waals surface area contributed by atoms with Gasteiger partial charge in [0.05, 0.1) is 10.6 Å². The van der Waals surface area contributed by atoms with E-state index in [2.05, 4.69) is 4.98 Å². The van der Waals surface area contributed by atoms with E-state index in [1.165, 1.54) is 10.9 Å². The van der Waals surface area contributed by atoms with Crippen LogP contribution in [0.1, 0.15) is 22.8 Å². The molecule has 0 saturated heterocycles. The first kappa shape index (κ1) is 20.2. The van der Waals surface area contributed by atoms with Crippen molar-refractivity contribution in [2.45, 2.75) is 18.7 Å². The van der Waals surface area contributed by atoms with Crippen molar-refractivity contribution in [3.8, 4) is 11.3 Å². The lowest BCUT2D eigenvalue weighted by molar-refractivity contribution is 0.101. The first-order valence-corrected chi connectivity index (χ1v) is 11.6. The van der Waals surface area contributed by atoms with Crippen LogP contribution in [0.25, 0.3) is 33.2 Å². The van der Waals surface area contributed by atoms with E-state index < -0.39 is 10.0 Å². The minimum atomic E-state index is -3.93. The van der Waals surface area contributed by atoms with Gasteiger partial charge in [-0.3, -0.25) is 4.79 Å². The van der Waals surface area contributed by atoms with Crippen molar-refractivity contribution < 1.29 is 13.2 Å². The van der Waals surface area contributed by atoms with Crippen molar-refractivity contribution in [1.29, 1.82) is 0 Å². The van der Waals surface area contributed by atoms with E-state index in [0.29, 0.717) is 16.9 Å². The fraction of sp³-hybridized carbons (Fsp3) is 0.120. The zero-order valence-corrected chi connectivity index (χ0v) is 18.7. The number of benzene rings is 2. The molecule has 0 saturated carbocycles. The van der Waals surface area contributed by atoms with E-state index in [1.54, 1.807) is 42.6 Å². The van der Waals surface area contributed by atoms with Crippen LogP contribution in [0.5, 0.6) is 0 Å². The smallest absolute Gasteiger partial charge is 0.269 e. The summed E-state index contributed by atoms with van der Waals surface area (Å²) in [5.74, 6) is -0.0452. The van der Waals surface area contributed by atoms with Gasteiger partial charge >= 0.3 is 0 Å². The average molecular weight is 444 g/mol. The molecule has 0 aliphatic rings. The maximum Gasteiger partial charge on any atom is 0.269 e. The highest BCUT2D eigenvalue weighted by molar-refractivity contribution is 7.90. The Hall–Kier alpha value is -3.71. The third-order valence-electron chi connectivity index (χ3n) is 5.75. The molecule has 0 spiro atoms. The molecule has 0 atom stereocenters. The molecule has 0 aliphatic heterocycles. The number of aromatic nitrogens is 3. The molecule has 6 nitrogen and oxygen atoms in total. The second-order valence-corrected chi connectivity index (χ2v) is 9.76. The molecule has 0 unspecified atom stereocenters. The Balaban J connectivity index is 1.87. The summed E-state index contributed by atoms with van der Waals surface area (Å²) in [6, 6.07) is 17.7. The summed E-state index contributed by atoms with van der Waals surface area (Å²) in [4.78, 5) is 16.6. The van der Waals surface area contributed by atoms with E-state index in [9.17, 15) is 13.2 Å². The summed E-state index contributed by atoms with van der Waals surface area (Å²) >= 11 is 0. The Kier molecular flexibility index (Phi) is 4.53. The molecule has 5 rings (SSSR count). The number of fused-ring (bicyclic) bond motifs is 2. The Morgan fingerprint density at radius 1 is 1.00 bits per heavy atom. The van der Waals surface area contributed by atoms with Gasteiger partial charge < -0.3 is 4.57 Å². The molecular formula is C25H21N3O3S. The number of rotatable bonds is 4. The van der Waals surface area contributed by atoms with Gasteiger partial charge in [0.2, 0.25) is 0 Å². The van der Waals surface area contributed by atoms with Gasteiger partial charge in [-0.2, -0.15) is 0 Å². The Bertz CT molecular complexity index is 1620. The lowest BCUT2D eigenvalue weighted by Gasteiger charge is -2.11. The van der Waals surface area contributed by atoms with E-state index in [0.717, 1.165) is 27.4 Å². The van der Waals surface area contributed by atoms with Crippen LogP contribution in [0, 0.1) is 6.92 Å². The molecule has 0 amide bonds. The third-order valence-corrected chi connectivity index (χ3v) is 7.47. The Labute approximate surface area is 185 Å². The number of hydrogen-bond donors (Lipinski definition) is 0. The standard InChI is InChI=1S/C25H21N3O3S/c1-16-6-9-20(10-7-16)32(30,31)28-24(14-19-5-4-12-26-25(19)28)22-15-27(3)23-11-8-18(17(2)29)13-21(22)23/h4-15H,1-3H3. The summed E-state index contributed by atoms with van der Waals surface area (Å²) < 4.78 is 30.8. The number of nitrogens with zero attached hydrogens (tertiary/aromatic N) is 3. The topological polar surface area (TPSA) is 74.0 Å². The molecule has 160 valence electrons. The maximum absolute atomic E-state index is 13.8. The number of carbonyl (C=O) groups is 1. The summed E-state index contributed by atoms with van der Waals surface area (Å²) in [6.07, 6.45) is 3.48. The summed E-state index contributed by atoms with van der Waals surface area (Å²) in [5.41, 5.74) is 4.05. The van der Waals surface area contributed by atoms with Crippen molar-refractivity contribution in [1.82, 2.24) is 13.5 Å². The first-order valence-electron chi connectivity index (χ1n) is 10.2. The van der Waals surface area contributed by atoms with Crippen molar-refractivity contribution in [2.75, 3.05) is 0 Å². The first-order chi connectivity index (χ1) is 15.3. The van der Waals surface area contributed by atoms with Gasteiger partial charge in [0.15, 0.2) is 11.4 Å². The largest absolute Gasteiger partial charge is 0.350 e. The van der Waals surface area contributed by atoms with Crippen LogP contribution in [-0.2, 0) is 17.1 Å². The number of aryl methyl sites for hydroxylation is 2.